The Morgan fingerprint density at radius 2 is 1.94 bits per heavy atom. The normalized spacial score (nSPS) is 13.9. The number of hydrogen-bond acceptors (Lipinski definition) is 4. The molecular formula is C26H31FN2O4. The standard InChI is InChI=1S/C26H31FN2O4/c1-3-6-19-9-10-23(24(17-19)32-2)33-18-25(30)29-15-12-21(13-16-29)26(31)28-14-11-20-7-4-5-8-22(20)27/h3-5,7-10,17,21H,1,6,11-16,18H2,2H3,(H,28,31). The number of amides is 2. The van der Waals surface area contributed by atoms with E-state index in [4.69, 9.17) is 9.47 Å². The van der Waals surface area contributed by atoms with Gasteiger partial charge in [-0.2, -0.15) is 0 Å². The fourth-order valence-corrected chi connectivity index (χ4v) is 3.91. The summed E-state index contributed by atoms with van der Waals surface area (Å²) >= 11 is 0. The van der Waals surface area contributed by atoms with Crippen LogP contribution in [-0.4, -0.2) is 50.1 Å². The van der Waals surface area contributed by atoms with Gasteiger partial charge in [0, 0.05) is 25.6 Å². The zero-order valence-electron chi connectivity index (χ0n) is 19.0. The zero-order valence-corrected chi connectivity index (χ0v) is 19.0. The maximum absolute atomic E-state index is 13.7. The van der Waals surface area contributed by atoms with Crippen LogP contribution in [0, 0.1) is 11.7 Å². The molecule has 2 aromatic rings. The molecule has 176 valence electrons. The Balaban J connectivity index is 1.41. The summed E-state index contributed by atoms with van der Waals surface area (Å²) in [4.78, 5) is 26.8. The minimum Gasteiger partial charge on any atom is -0.493 e. The number of rotatable bonds is 10. The first-order chi connectivity index (χ1) is 16.0. The number of carbonyl (C=O) groups excluding carboxylic acids is 2. The summed E-state index contributed by atoms with van der Waals surface area (Å²) in [5.74, 6) is 0.527. The third kappa shape index (κ3) is 6.81. The molecule has 0 spiro atoms. The first-order valence-corrected chi connectivity index (χ1v) is 11.2. The van der Waals surface area contributed by atoms with Crippen LogP contribution in [0.25, 0.3) is 0 Å². The number of nitrogens with one attached hydrogen (secondary N) is 1. The molecule has 1 fully saturated rings. The molecule has 0 radical (unpaired) electrons. The molecule has 33 heavy (non-hydrogen) atoms. The maximum Gasteiger partial charge on any atom is 0.260 e. The third-order valence-corrected chi connectivity index (χ3v) is 5.83. The number of carbonyl (C=O) groups is 2. The van der Waals surface area contributed by atoms with Crippen molar-refractivity contribution in [3.05, 3.63) is 72.1 Å². The summed E-state index contributed by atoms with van der Waals surface area (Å²) in [5.41, 5.74) is 1.64. The van der Waals surface area contributed by atoms with E-state index in [1.165, 1.54) is 6.07 Å². The average Bonchev–Trinajstić information content (AvgIpc) is 2.84. The van der Waals surface area contributed by atoms with E-state index < -0.39 is 0 Å². The van der Waals surface area contributed by atoms with Gasteiger partial charge < -0.3 is 19.7 Å². The molecule has 0 atom stereocenters. The topological polar surface area (TPSA) is 67.9 Å². The Morgan fingerprint density at radius 3 is 2.64 bits per heavy atom. The van der Waals surface area contributed by atoms with Crippen molar-refractivity contribution in [2.24, 2.45) is 5.92 Å². The molecule has 0 bridgehead atoms. The van der Waals surface area contributed by atoms with Gasteiger partial charge in [-0.05, 0) is 55.0 Å². The van der Waals surface area contributed by atoms with E-state index in [2.05, 4.69) is 11.9 Å². The lowest BCUT2D eigenvalue weighted by Gasteiger charge is -2.31. The number of nitrogens with zero attached hydrogens (tertiary/aromatic N) is 1. The largest absolute Gasteiger partial charge is 0.493 e. The monoisotopic (exact) mass is 454 g/mol. The lowest BCUT2D eigenvalue weighted by Crippen LogP contribution is -2.44. The molecule has 2 amide bonds. The SMILES string of the molecule is C=CCc1ccc(OCC(=O)N2CCC(C(=O)NCCc3ccccc3F)CC2)c(OC)c1. The molecule has 7 heteroatoms. The molecule has 1 heterocycles. The molecule has 0 aromatic heterocycles. The van der Waals surface area contributed by atoms with Crippen LogP contribution in [0.4, 0.5) is 4.39 Å². The molecular weight excluding hydrogens is 423 g/mol. The summed E-state index contributed by atoms with van der Waals surface area (Å²) in [5, 5.41) is 2.89. The fourth-order valence-electron chi connectivity index (χ4n) is 3.91. The third-order valence-electron chi connectivity index (χ3n) is 5.83. The van der Waals surface area contributed by atoms with Crippen LogP contribution in [0.5, 0.6) is 11.5 Å². The molecule has 0 saturated carbocycles. The number of hydrogen-bond donors (Lipinski definition) is 1. The van der Waals surface area contributed by atoms with E-state index in [0.29, 0.717) is 56.0 Å². The summed E-state index contributed by atoms with van der Waals surface area (Å²) in [6.45, 7) is 5.04. The molecule has 2 aromatic carbocycles. The Morgan fingerprint density at radius 1 is 1.18 bits per heavy atom. The van der Waals surface area contributed by atoms with Gasteiger partial charge in [-0.3, -0.25) is 9.59 Å². The Labute approximate surface area is 194 Å². The van der Waals surface area contributed by atoms with E-state index in [0.717, 1.165) is 12.0 Å². The second-order valence-electron chi connectivity index (χ2n) is 8.05. The lowest BCUT2D eigenvalue weighted by atomic mass is 9.96. The molecule has 1 saturated heterocycles. The van der Waals surface area contributed by atoms with Crippen LogP contribution in [0.3, 0.4) is 0 Å². The van der Waals surface area contributed by atoms with Crippen LogP contribution in [0.2, 0.25) is 0 Å². The second-order valence-corrected chi connectivity index (χ2v) is 8.05. The lowest BCUT2D eigenvalue weighted by molar-refractivity contribution is -0.137. The van der Waals surface area contributed by atoms with E-state index in [9.17, 15) is 14.0 Å². The molecule has 6 nitrogen and oxygen atoms in total. The number of benzene rings is 2. The Bertz CT molecular complexity index is 971. The van der Waals surface area contributed by atoms with Gasteiger partial charge >= 0.3 is 0 Å². The Hall–Kier alpha value is -3.35. The number of halogens is 1. The van der Waals surface area contributed by atoms with Gasteiger partial charge in [0.05, 0.1) is 7.11 Å². The zero-order chi connectivity index (χ0) is 23.6. The van der Waals surface area contributed by atoms with Crippen LogP contribution >= 0.6 is 0 Å². The molecule has 1 aliphatic heterocycles. The minimum absolute atomic E-state index is 0.0426. The van der Waals surface area contributed by atoms with Crippen molar-refractivity contribution in [2.45, 2.75) is 25.7 Å². The van der Waals surface area contributed by atoms with Crippen molar-refractivity contribution in [1.82, 2.24) is 10.2 Å². The van der Waals surface area contributed by atoms with Crippen molar-refractivity contribution in [3.63, 3.8) is 0 Å². The highest BCUT2D eigenvalue weighted by Crippen LogP contribution is 2.28. The van der Waals surface area contributed by atoms with Crippen LogP contribution in [0.15, 0.2) is 55.1 Å². The summed E-state index contributed by atoms with van der Waals surface area (Å²) in [6.07, 6.45) is 4.17. The molecule has 0 unspecified atom stereocenters. The highest BCUT2D eigenvalue weighted by molar-refractivity contribution is 5.80. The second kappa shape index (κ2) is 12.0. The van der Waals surface area contributed by atoms with Gasteiger partial charge in [-0.1, -0.05) is 30.3 Å². The van der Waals surface area contributed by atoms with Gasteiger partial charge in [-0.25, -0.2) is 4.39 Å². The van der Waals surface area contributed by atoms with E-state index in [-0.39, 0.29) is 30.2 Å². The molecule has 1 aliphatic rings. The highest BCUT2D eigenvalue weighted by Gasteiger charge is 2.27. The van der Waals surface area contributed by atoms with E-state index in [1.54, 1.807) is 36.3 Å². The average molecular weight is 455 g/mol. The predicted octanol–water partition coefficient (Wildman–Crippen LogP) is 3.54. The minimum atomic E-state index is -0.258. The first kappa shape index (κ1) is 24.3. The molecule has 0 aliphatic carbocycles. The van der Waals surface area contributed by atoms with Crippen molar-refractivity contribution >= 4 is 11.8 Å². The predicted molar refractivity (Wildman–Crippen MR) is 125 cm³/mol. The van der Waals surface area contributed by atoms with Gasteiger partial charge in [0.25, 0.3) is 5.91 Å². The van der Waals surface area contributed by atoms with Crippen LogP contribution in [0.1, 0.15) is 24.0 Å². The van der Waals surface area contributed by atoms with E-state index >= 15 is 0 Å². The van der Waals surface area contributed by atoms with E-state index in [1.807, 2.05) is 18.2 Å². The summed E-state index contributed by atoms with van der Waals surface area (Å²) in [6, 6.07) is 12.2. The highest BCUT2D eigenvalue weighted by atomic mass is 19.1. The number of ether oxygens (including phenoxy) is 2. The fraction of sp³-hybridized carbons (Fsp3) is 0.385. The van der Waals surface area contributed by atoms with Crippen molar-refractivity contribution in [1.29, 1.82) is 0 Å². The number of allylic oxidation sites excluding steroid dienone is 1. The number of piperidine rings is 1. The summed E-state index contributed by atoms with van der Waals surface area (Å²) in [7, 11) is 1.56. The van der Waals surface area contributed by atoms with Crippen molar-refractivity contribution in [3.8, 4) is 11.5 Å². The van der Waals surface area contributed by atoms with Gasteiger partial charge in [0.2, 0.25) is 5.91 Å². The van der Waals surface area contributed by atoms with Crippen molar-refractivity contribution < 1.29 is 23.5 Å². The number of methoxy groups -OCH3 is 1. The first-order valence-electron chi connectivity index (χ1n) is 11.2. The van der Waals surface area contributed by atoms with Gasteiger partial charge in [0.15, 0.2) is 18.1 Å². The Kier molecular flexibility index (Phi) is 8.87. The summed E-state index contributed by atoms with van der Waals surface area (Å²) < 4.78 is 24.8. The number of likely N-dealkylation sites (tertiary alicyclic amines) is 1. The van der Waals surface area contributed by atoms with Gasteiger partial charge in [0.1, 0.15) is 5.82 Å². The van der Waals surface area contributed by atoms with Crippen LogP contribution < -0.4 is 14.8 Å². The van der Waals surface area contributed by atoms with Crippen molar-refractivity contribution in [2.75, 3.05) is 33.4 Å². The maximum atomic E-state index is 13.7. The molecule has 3 rings (SSSR count). The van der Waals surface area contributed by atoms with Crippen LogP contribution in [-0.2, 0) is 22.4 Å². The molecule has 1 N–H and O–H groups in total. The quantitative estimate of drug-likeness (QED) is 0.558. The van der Waals surface area contributed by atoms with Gasteiger partial charge in [-0.15, -0.1) is 6.58 Å². The smallest absolute Gasteiger partial charge is 0.260 e.